The molecule has 3 rings (SSSR count). The lowest BCUT2D eigenvalue weighted by Gasteiger charge is -2.14. The van der Waals surface area contributed by atoms with Crippen molar-refractivity contribution in [2.45, 2.75) is 12.1 Å². The van der Waals surface area contributed by atoms with Gasteiger partial charge in [0.25, 0.3) is 0 Å². The first-order chi connectivity index (χ1) is 8.34. The fourth-order valence-corrected chi connectivity index (χ4v) is 2.01. The fraction of sp³-hybridized carbons (Fsp3) is 0.154. The van der Waals surface area contributed by atoms with Crippen LogP contribution in [0, 0.1) is 0 Å². The zero-order valence-corrected chi connectivity index (χ0v) is 9.00. The van der Waals surface area contributed by atoms with Crippen molar-refractivity contribution in [3.05, 3.63) is 60.1 Å². The lowest BCUT2D eigenvalue weighted by atomic mass is 10.0. The molecule has 1 N–H and O–H groups in total. The van der Waals surface area contributed by atoms with Crippen molar-refractivity contribution < 1.29 is 13.9 Å². The van der Waals surface area contributed by atoms with E-state index in [4.69, 9.17) is 9.15 Å². The van der Waals surface area contributed by atoms with E-state index >= 15 is 0 Å². The molecular weight excluding hydrogens is 218 g/mol. The molecule has 1 aliphatic heterocycles. The van der Waals surface area contributed by atoms with Crippen LogP contribution in [0.5, 0.6) is 0 Å². The average molecular weight is 229 g/mol. The van der Waals surface area contributed by atoms with E-state index in [1.807, 2.05) is 30.3 Å². The molecule has 4 nitrogen and oxygen atoms in total. The summed E-state index contributed by atoms with van der Waals surface area (Å²) in [7, 11) is 0. The quantitative estimate of drug-likeness (QED) is 0.861. The number of amides is 1. The van der Waals surface area contributed by atoms with Crippen LogP contribution in [0.4, 0.5) is 4.79 Å². The SMILES string of the molecule is O=C1N[C@@H](c2ccccc2)[C@H](c2ccco2)O1. The smallest absolute Gasteiger partial charge is 0.408 e. The molecule has 0 aliphatic carbocycles. The molecule has 2 aromatic rings. The molecule has 0 spiro atoms. The lowest BCUT2D eigenvalue weighted by molar-refractivity contribution is 0.117. The summed E-state index contributed by atoms with van der Waals surface area (Å²) in [6.07, 6.45) is 0.754. The third-order valence-electron chi connectivity index (χ3n) is 2.79. The summed E-state index contributed by atoms with van der Waals surface area (Å²) in [4.78, 5) is 11.4. The van der Waals surface area contributed by atoms with E-state index < -0.39 is 12.2 Å². The van der Waals surface area contributed by atoms with Crippen LogP contribution in [0.1, 0.15) is 23.5 Å². The molecule has 86 valence electrons. The van der Waals surface area contributed by atoms with E-state index in [1.54, 1.807) is 18.4 Å². The molecule has 0 bridgehead atoms. The van der Waals surface area contributed by atoms with Crippen LogP contribution in [0.2, 0.25) is 0 Å². The predicted octanol–water partition coefficient (Wildman–Crippen LogP) is 2.80. The Balaban J connectivity index is 1.95. The van der Waals surface area contributed by atoms with Gasteiger partial charge in [-0.2, -0.15) is 0 Å². The number of benzene rings is 1. The number of carbonyl (C=O) groups excluding carboxylic acids is 1. The van der Waals surface area contributed by atoms with E-state index in [2.05, 4.69) is 5.32 Å². The molecule has 0 saturated carbocycles. The number of hydrogen-bond acceptors (Lipinski definition) is 3. The average Bonchev–Trinajstić information content (AvgIpc) is 2.98. The molecule has 1 aliphatic rings. The van der Waals surface area contributed by atoms with Gasteiger partial charge < -0.3 is 14.5 Å². The molecule has 1 saturated heterocycles. The largest absolute Gasteiger partial charge is 0.465 e. The van der Waals surface area contributed by atoms with Gasteiger partial charge in [0, 0.05) is 0 Å². The first-order valence-corrected chi connectivity index (χ1v) is 5.40. The number of ether oxygens (including phenoxy) is 1. The van der Waals surface area contributed by atoms with Crippen LogP contribution in [-0.4, -0.2) is 6.09 Å². The van der Waals surface area contributed by atoms with Crippen molar-refractivity contribution in [2.75, 3.05) is 0 Å². The Kier molecular flexibility index (Phi) is 2.33. The Morgan fingerprint density at radius 3 is 2.59 bits per heavy atom. The monoisotopic (exact) mass is 229 g/mol. The summed E-state index contributed by atoms with van der Waals surface area (Å²) in [5, 5.41) is 2.79. The Morgan fingerprint density at radius 1 is 1.06 bits per heavy atom. The molecule has 2 heterocycles. The summed E-state index contributed by atoms with van der Waals surface area (Å²) in [6, 6.07) is 13.1. The highest BCUT2D eigenvalue weighted by Crippen LogP contribution is 2.36. The molecular formula is C13H11NO3. The third kappa shape index (κ3) is 1.78. The Morgan fingerprint density at radius 2 is 1.88 bits per heavy atom. The third-order valence-corrected chi connectivity index (χ3v) is 2.79. The fourth-order valence-electron chi connectivity index (χ4n) is 2.01. The number of cyclic esters (lactones) is 1. The standard InChI is InChI=1S/C13H11NO3/c15-13-14-11(9-5-2-1-3-6-9)12(17-13)10-7-4-8-16-10/h1-8,11-12H,(H,14,15)/t11-,12-/m0/s1. The number of carbonyl (C=O) groups is 1. The van der Waals surface area contributed by atoms with Gasteiger partial charge in [-0.15, -0.1) is 0 Å². The zero-order valence-electron chi connectivity index (χ0n) is 9.00. The summed E-state index contributed by atoms with van der Waals surface area (Å²) >= 11 is 0. The van der Waals surface area contributed by atoms with Gasteiger partial charge in [0.2, 0.25) is 0 Å². The van der Waals surface area contributed by atoms with Crippen molar-refractivity contribution in [1.82, 2.24) is 5.32 Å². The normalized spacial score (nSPS) is 23.2. The second-order valence-corrected chi connectivity index (χ2v) is 3.87. The minimum Gasteiger partial charge on any atom is -0.465 e. The van der Waals surface area contributed by atoms with Crippen molar-refractivity contribution in [3.8, 4) is 0 Å². The van der Waals surface area contributed by atoms with E-state index in [-0.39, 0.29) is 6.04 Å². The van der Waals surface area contributed by atoms with Crippen LogP contribution in [-0.2, 0) is 4.74 Å². The number of nitrogens with one attached hydrogen (secondary N) is 1. The van der Waals surface area contributed by atoms with E-state index in [0.717, 1.165) is 5.56 Å². The van der Waals surface area contributed by atoms with Crippen LogP contribution in [0.25, 0.3) is 0 Å². The molecule has 0 radical (unpaired) electrons. The molecule has 17 heavy (non-hydrogen) atoms. The number of hydrogen-bond donors (Lipinski definition) is 1. The predicted molar refractivity (Wildman–Crippen MR) is 60.2 cm³/mol. The van der Waals surface area contributed by atoms with Crippen molar-refractivity contribution in [3.63, 3.8) is 0 Å². The number of furan rings is 1. The van der Waals surface area contributed by atoms with Crippen LogP contribution < -0.4 is 5.32 Å². The highest BCUT2D eigenvalue weighted by atomic mass is 16.6. The molecule has 1 fully saturated rings. The van der Waals surface area contributed by atoms with Gasteiger partial charge in [-0.05, 0) is 17.7 Å². The minimum absolute atomic E-state index is 0.199. The molecule has 2 atom stereocenters. The van der Waals surface area contributed by atoms with Crippen molar-refractivity contribution >= 4 is 6.09 Å². The molecule has 4 heteroatoms. The van der Waals surface area contributed by atoms with E-state index in [0.29, 0.717) is 5.76 Å². The first kappa shape index (κ1) is 9.96. The van der Waals surface area contributed by atoms with Gasteiger partial charge in [-0.3, -0.25) is 0 Å². The maximum absolute atomic E-state index is 11.4. The van der Waals surface area contributed by atoms with Gasteiger partial charge in [-0.1, -0.05) is 30.3 Å². The van der Waals surface area contributed by atoms with Crippen LogP contribution >= 0.6 is 0 Å². The lowest BCUT2D eigenvalue weighted by Crippen LogP contribution is -2.19. The minimum atomic E-state index is -0.416. The van der Waals surface area contributed by atoms with Gasteiger partial charge in [0.05, 0.1) is 6.26 Å². The summed E-state index contributed by atoms with van der Waals surface area (Å²) < 4.78 is 10.5. The Labute approximate surface area is 98.2 Å². The van der Waals surface area contributed by atoms with Crippen molar-refractivity contribution in [1.29, 1.82) is 0 Å². The highest BCUT2D eigenvalue weighted by molar-refractivity contribution is 5.71. The number of rotatable bonds is 2. The maximum Gasteiger partial charge on any atom is 0.408 e. The molecule has 0 unspecified atom stereocenters. The molecule has 1 aromatic heterocycles. The van der Waals surface area contributed by atoms with Gasteiger partial charge in [0.1, 0.15) is 11.8 Å². The van der Waals surface area contributed by atoms with Crippen LogP contribution in [0.3, 0.4) is 0 Å². The highest BCUT2D eigenvalue weighted by Gasteiger charge is 2.37. The second-order valence-electron chi connectivity index (χ2n) is 3.87. The second kappa shape index (κ2) is 3.97. The Bertz CT molecular complexity index is 507. The van der Waals surface area contributed by atoms with Crippen LogP contribution in [0.15, 0.2) is 53.1 Å². The van der Waals surface area contributed by atoms with E-state index in [1.165, 1.54) is 0 Å². The molecule has 1 aromatic carbocycles. The summed E-state index contributed by atoms with van der Waals surface area (Å²) in [6.45, 7) is 0. The summed E-state index contributed by atoms with van der Waals surface area (Å²) in [5.41, 5.74) is 1.000. The number of alkyl carbamates (subject to hydrolysis) is 1. The van der Waals surface area contributed by atoms with Gasteiger partial charge >= 0.3 is 6.09 Å². The van der Waals surface area contributed by atoms with Gasteiger partial charge in [0.15, 0.2) is 6.10 Å². The first-order valence-electron chi connectivity index (χ1n) is 5.40. The molecule has 1 amide bonds. The van der Waals surface area contributed by atoms with Gasteiger partial charge in [-0.25, -0.2) is 4.79 Å². The Hall–Kier alpha value is -2.23. The van der Waals surface area contributed by atoms with Crippen molar-refractivity contribution in [2.24, 2.45) is 0 Å². The van der Waals surface area contributed by atoms with E-state index in [9.17, 15) is 4.79 Å². The maximum atomic E-state index is 11.4. The zero-order chi connectivity index (χ0) is 11.7. The topological polar surface area (TPSA) is 51.5 Å². The summed E-state index contributed by atoms with van der Waals surface area (Å²) in [5.74, 6) is 0.650.